The van der Waals surface area contributed by atoms with Gasteiger partial charge in [0.1, 0.15) is 0 Å². The maximum Gasteiger partial charge on any atom is 0.223 e. The van der Waals surface area contributed by atoms with E-state index in [1.54, 1.807) is 0 Å². The number of unbranched alkanes of at least 4 members (excludes halogenated alkanes) is 1. The third-order valence-corrected chi connectivity index (χ3v) is 3.84. The van der Waals surface area contributed by atoms with Crippen LogP contribution in [0.3, 0.4) is 0 Å². The van der Waals surface area contributed by atoms with Crippen LogP contribution in [0.4, 0.5) is 0 Å². The quantitative estimate of drug-likeness (QED) is 0.555. The zero-order chi connectivity index (χ0) is 12.8. The number of nitrogens with zero attached hydrogens (tertiary/aromatic N) is 1. The monoisotopic (exact) mass is 309 g/mol. The Balaban J connectivity index is 1.89. The summed E-state index contributed by atoms with van der Waals surface area (Å²) < 4.78 is 0. The van der Waals surface area contributed by atoms with E-state index in [1.807, 2.05) is 18.2 Å². The standard InChI is InChI=1S/C15H20BrNO/c16-11-5-4-8-15(18)17(14-9-10-14)12-13-6-2-1-3-7-13/h1-3,6-7,14H,4-5,8-12H2. The second-order valence-electron chi connectivity index (χ2n) is 4.88. The highest BCUT2D eigenvalue weighted by Gasteiger charge is 2.31. The lowest BCUT2D eigenvalue weighted by atomic mass is 10.2. The summed E-state index contributed by atoms with van der Waals surface area (Å²) in [6, 6.07) is 10.8. The smallest absolute Gasteiger partial charge is 0.223 e. The average Bonchev–Trinajstić information content (AvgIpc) is 3.21. The van der Waals surface area contributed by atoms with Crippen LogP contribution >= 0.6 is 15.9 Å². The summed E-state index contributed by atoms with van der Waals surface area (Å²) in [5.41, 5.74) is 1.23. The van der Waals surface area contributed by atoms with Crippen molar-refractivity contribution in [3.05, 3.63) is 35.9 Å². The van der Waals surface area contributed by atoms with E-state index in [-0.39, 0.29) is 0 Å². The molecule has 0 radical (unpaired) electrons. The lowest BCUT2D eigenvalue weighted by molar-refractivity contribution is -0.132. The molecule has 0 bridgehead atoms. The first-order valence-corrected chi connectivity index (χ1v) is 7.83. The van der Waals surface area contributed by atoms with Crippen molar-refractivity contribution in [2.24, 2.45) is 0 Å². The van der Waals surface area contributed by atoms with Gasteiger partial charge in [-0.2, -0.15) is 0 Å². The van der Waals surface area contributed by atoms with Crippen molar-refractivity contribution in [2.75, 3.05) is 5.33 Å². The number of hydrogen-bond donors (Lipinski definition) is 0. The molecule has 1 fully saturated rings. The molecule has 0 aliphatic heterocycles. The molecule has 0 spiro atoms. The Kier molecular flexibility index (Phi) is 5.24. The number of alkyl halides is 1. The Hall–Kier alpha value is -0.830. The van der Waals surface area contributed by atoms with Crippen LogP contribution in [0.15, 0.2) is 30.3 Å². The number of benzene rings is 1. The van der Waals surface area contributed by atoms with Crippen LogP contribution in [0.1, 0.15) is 37.7 Å². The van der Waals surface area contributed by atoms with Gasteiger partial charge in [0.05, 0.1) is 0 Å². The van der Waals surface area contributed by atoms with Gasteiger partial charge >= 0.3 is 0 Å². The Morgan fingerprint density at radius 1 is 1.22 bits per heavy atom. The zero-order valence-corrected chi connectivity index (χ0v) is 12.2. The number of rotatable bonds is 7. The molecule has 0 heterocycles. The molecule has 1 saturated carbocycles. The molecule has 0 N–H and O–H groups in total. The highest BCUT2D eigenvalue weighted by molar-refractivity contribution is 9.09. The number of amides is 1. The van der Waals surface area contributed by atoms with E-state index in [9.17, 15) is 4.79 Å². The molecule has 1 aliphatic rings. The highest BCUT2D eigenvalue weighted by atomic mass is 79.9. The minimum Gasteiger partial charge on any atom is -0.335 e. The van der Waals surface area contributed by atoms with Gasteiger partial charge in [0.15, 0.2) is 0 Å². The van der Waals surface area contributed by atoms with E-state index < -0.39 is 0 Å². The molecule has 0 atom stereocenters. The normalized spacial score (nSPS) is 14.5. The van der Waals surface area contributed by atoms with Crippen LogP contribution in [0.5, 0.6) is 0 Å². The largest absolute Gasteiger partial charge is 0.335 e. The third kappa shape index (κ3) is 4.13. The summed E-state index contributed by atoms with van der Waals surface area (Å²) in [6.45, 7) is 0.776. The molecule has 18 heavy (non-hydrogen) atoms. The van der Waals surface area contributed by atoms with Gasteiger partial charge in [0.2, 0.25) is 5.91 Å². The summed E-state index contributed by atoms with van der Waals surface area (Å²) in [5.74, 6) is 0.322. The van der Waals surface area contributed by atoms with E-state index in [0.717, 1.165) is 24.7 Å². The molecular weight excluding hydrogens is 290 g/mol. The molecule has 1 aromatic carbocycles. The fourth-order valence-corrected chi connectivity index (χ4v) is 2.50. The van der Waals surface area contributed by atoms with Crippen molar-refractivity contribution in [1.29, 1.82) is 0 Å². The number of hydrogen-bond acceptors (Lipinski definition) is 1. The fraction of sp³-hybridized carbons (Fsp3) is 0.533. The van der Waals surface area contributed by atoms with Gasteiger partial charge in [-0.15, -0.1) is 0 Å². The second-order valence-corrected chi connectivity index (χ2v) is 5.68. The van der Waals surface area contributed by atoms with Crippen LogP contribution < -0.4 is 0 Å². The van der Waals surface area contributed by atoms with Gasteiger partial charge in [-0.05, 0) is 31.2 Å². The molecule has 98 valence electrons. The van der Waals surface area contributed by atoms with Gasteiger partial charge in [0.25, 0.3) is 0 Å². The highest BCUT2D eigenvalue weighted by Crippen LogP contribution is 2.29. The Labute approximate surface area is 117 Å². The van der Waals surface area contributed by atoms with Crippen LogP contribution in [0.25, 0.3) is 0 Å². The third-order valence-electron chi connectivity index (χ3n) is 3.28. The molecule has 3 heteroatoms. The Morgan fingerprint density at radius 2 is 1.94 bits per heavy atom. The summed E-state index contributed by atoms with van der Waals surface area (Å²) in [6.07, 6.45) is 5.11. The van der Waals surface area contributed by atoms with Crippen molar-refractivity contribution < 1.29 is 4.79 Å². The van der Waals surface area contributed by atoms with Crippen molar-refractivity contribution in [3.63, 3.8) is 0 Å². The zero-order valence-electron chi connectivity index (χ0n) is 10.6. The number of carbonyl (C=O) groups excluding carboxylic acids is 1. The number of carbonyl (C=O) groups is 1. The van der Waals surface area contributed by atoms with Gasteiger partial charge in [-0.25, -0.2) is 0 Å². The lowest BCUT2D eigenvalue weighted by Gasteiger charge is -2.22. The molecule has 2 rings (SSSR count). The Bertz CT molecular complexity index is 375. The molecule has 1 aromatic rings. The van der Waals surface area contributed by atoms with Crippen molar-refractivity contribution in [3.8, 4) is 0 Å². The molecule has 2 nitrogen and oxygen atoms in total. The van der Waals surface area contributed by atoms with Crippen LogP contribution in [-0.2, 0) is 11.3 Å². The lowest BCUT2D eigenvalue weighted by Crippen LogP contribution is -2.32. The van der Waals surface area contributed by atoms with Crippen LogP contribution in [0, 0.1) is 0 Å². The fourth-order valence-electron chi connectivity index (χ4n) is 2.10. The van der Waals surface area contributed by atoms with E-state index in [0.29, 0.717) is 18.4 Å². The van der Waals surface area contributed by atoms with Gasteiger partial charge in [-0.3, -0.25) is 4.79 Å². The predicted molar refractivity (Wildman–Crippen MR) is 77.7 cm³/mol. The molecule has 0 saturated heterocycles. The molecule has 1 amide bonds. The summed E-state index contributed by atoms with van der Waals surface area (Å²) in [4.78, 5) is 14.3. The predicted octanol–water partition coefficient (Wildman–Crippen LogP) is 3.74. The molecule has 0 aromatic heterocycles. The first-order chi connectivity index (χ1) is 8.81. The van der Waals surface area contributed by atoms with Gasteiger partial charge in [0, 0.05) is 24.3 Å². The topological polar surface area (TPSA) is 20.3 Å². The average molecular weight is 310 g/mol. The van der Waals surface area contributed by atoms with E-state index in [2.05, 4.69) is 33.0 Å². The van der Waals surface area contributed by atoms with E-state index >= 15 is 0 Å². The number of halogens is 1. The van der Waals surface area contributed by atoms with Crippen molar-refractivity contribution >= 4 is 21.8 Å². The maximum absolute atomic E-state index is 12.2. The van der Waals surface area contributed by atoms with Crippen molar-refractivity contribution in [2.45, 2.75) is 44.7 Å². The van der Waals surface area contributed by atoms with Gasteiger partial charge in [-0.1, -0.05) is 46.3 Å². The van der Waals surface area contributed by atoms with Crippen molar-refractivity contribution in [1.82, 2.24) is 4.90 Å². The first-order valence-electron chi connectivity index (χ1n) is 6.70. The SMILES string of the molecule is O=C(CCCCBr)N(Cc1ccccc1)C1CC1. The maximum atomic E-state index is 12.2. The summed E-state index contributed by atoms with van der Waals surface area (Å²) in [5, 5.41) is 0.988. The first kappa shape index (κ1) is 13.6. The summed E-state index contributed by atoms with van der Waals surface area (Å²) in [7, 11) is 0. The van der Waals surface area contributed by atoms with Crippen LogP contribution in [0.2, 0.25) is 0 Å². The van der Waals surface area contributed by atoms with E-state index in [1.165, 1.54) is 18.4 Å². The van der Waals surface area contributed by atoms with Gasteiger partial charge < -0.3 is 4.90 Å². The molecule has 1 aliphatic carbocycles. The summed E-state index contributed by atoms with van der Waals surface area (Å²) >= 11 is 3.41. The minimum absolute atomic E-state index is 0.322. The van der Waals surface area contributed by atoms with Crippen LogP contribution in [-0.4, -0.2) is 22.2 Å². The Morgan fingerprint density at radius 3 is 2.56 bits per heavy atom. The molecular formula is C15H20BrNO. The minimum atomic E-state index is 0.322. The molecule has 0 unspecified atom stereocenters. The second kappa shape index (κ2) is 6.93. The van der Waals surface area contributed by atoms with E-state index in [4.69, 9.17) is 0 Å².